The molecule has 2 rings (SSSR count). The van der Waals surface area contributed by atoms with Gasteiger partial charge in [-0.25, -0.2) is 0 Å². The van der Waals surface area contributed by atoms with Gasteiger partial charge in [-0.05, 0) is 25.3 Å². The molecule has 0 aromatic heterocycles. The molecule has 0 unspecified atom stereocenters. The van der Waals surface area contributed by atoms with Gasteiger partial charge in [0.2, 0.25) is 0 Å². The predicted molar refractivity (Wildman–Crippen MR) is 63.4 cm³/mol. The summed E-state index contributed by atoms with van der Waals surface area (Å²) in [6.07, 6.45) is 3.76. The van der Waals surface area contributed by atoms with Gasteiger partial charge in [0.1, 0.15) is 0 Å². The minimum atomic E-state index is 0.0486. The van der Waals surface area contributed by atoms with Crippen LogP contribution < -0.4 is 4.90 Å². The van der Waals surface area contributed by atoms with Crippen LogP contribution in [0.2, 0.25) is 5.02 Å². The van der Waals surface area contributed by atoms with E-state index in [2.05, 4.69) is 11.9 Å². The lowest BCUT2D eigenvalue weighted by Crippen LogP contribution is -2.37. The summed E-state index contributed by atoms with van der Waals surface area (Å²) in [4.78, 5) is 2.21. The largest absolute Gasteiger partial charge is 0.392 e. The second-order valence-corrected chi connectivity index (χ2v) is 4.51. The van der Waals surface area contributed by atoms with E-state index in [9.17, 15) is 5.11 Å². The van der Waals surface area contributed by atoms with E-state index in [0.717, 1.165) is 16.3 Å². The normalized spacial score (nSPS) is 16.2. The Labute approximate surface area is 95.5 Å². The van der Waals surface area contributed by atoms with Crippen LogP contribution in [0.25, 0.3) is 0 Å². The number of hydrogen-bond donors (Lipinski definition) is 1. The molecule has 3 heteroatoms. The van der Waals surface area contributed by atoms with Gasteiger partial charge in [0, 0.05) is 18.7 Å². The topological polar surface area (TPSA) is 23.5 Å². The molecule has 0 saturated heterocycles. The number of benzene rings is 1. The minimum absolute atomic E-state index is 0.0486. The standard InChI is InChI=1S/C12H16ClNO/c1-14(10-5-3-6-10)12-9(8-15)4-2-7-11(12)13/h2,4,7,10,15H,3,5-6,8H2,1H3. The van der Waals surface area contributed by atoms with Crippen LogP contribution in [0.3, 0.4) is 0 Å². The molecule has 2 nitrogen and oxygen atoms in total. The average Bonchev–Trinajstić information content (AvgIpc) is 2.14. The highest BCUT2D eigenvalue weighted by molar-refractivity contribution is 6.33. The Morgan fingerprint density at radius 2 is 2.20 bits per heavy atom. The van der Waals surface area contributed by atoms with Crippen molar-refractivity contribution in [2.45, 2.75) is 31.9 Å². The van der Waals surface area contributed by atoms with Gasteiger partial charge in [-0.1, -0.05) is 23.7 Å². The number of nitrogens with zero attached hydrogens (tertiary/aromatic N) is 1. The quantitative estimate of drug-likeness (QED) is 0.855. The Kier molecular flexibility index (Phi) is 3.17. The zero-order valence-corrected chi connectivity index (χ0v) is 9.67. The van der Waals surface area contributed by atoms with E-state index in [1.807, 2.05) is 18.2 Å². The fourth-order valence-electron chi connectivity index (χ4n) is 2.04. The fourth-order valence-corrected chi connectivity index (χ4v) is 2.37. The summed E-state index contributed by atoms with van der Waals surface area (Å²) in [5.41, 5.74) is 1.91. The van der Waals surface area contributed by atoms with Crippen molar-refractivity contribution in [2.24, 2.45) is 0 Å². The van der Waals surface area contributed by atoms with Crippen LogP contribution in [0.15, 0.2) is 18.2 Å². The Morgan fingerprint density at radius 3 is 2.73 bits per heavy atom. The molecular weight excluding hydrogens is 210 g/mol. The van der Waals surface area contributed by atoms with Crippen molar-refractivity contribution in [2.75, 3.05) is 11.9 Å². The molecule has 1 N–H and O–H groups in total. The molecule has 15 heavy (non-hydrogen) atoms. The first-order valence-electron chi connectivity index (χ1n) is 5.35. The maximum Gasteiger partial charge on any atom is 0.0702 e. The van der Waals surface area contributed by atoms with Gasteiger partial charge < -0.3 is 10.0 Å². The van der Waals surface area contributed by atoms with Crippen LogP contribution in [0.5, 0.6) is 0 Å². The van der Waals surface area contributed by atoms with Crippen molar-refractivity contribution in [3.63, 3.8) is 0 Å². The SMILES string of the molecule is CN(c1c(Cl)cccc1CO)C1CCC1. The molecule has 0 radical (unpaired) electrons. The van der Waals surface area contributed by atoms with Crippen LogP contribution >= 0.6 is 11.6 Å². The van der Waals surface area contributed by atoms with Crippen molar-refractivity contribution in [3.8, 4) is 0 Å². The lowest BCUT2D eigenvalue weighted by atomic mass is 9.91. The maximum absolute atomic E-state index is 9.28. The van der Waals surface area contributed by atoms with Crippen molar-refractivity contribution in [1.82, 2.24) is 0 Å². The molecule has 1 aromatic rings. The summed E-state index contributed by atoms with van der Waals surface area (Å²) >= 11 is 6.18. The first-order valence-corrected chi connectivity index (χ1v) is 5.73. The lowest BCUT2D eigenvalue weighted by molar-refractivity contribution is 0.281. The number of aliphatic hydroxyl groups excluding tert-OH is 1. The molecule has 0 amide bonds. The number of para-hydroxylation sites is 1. The van der Waals surface area contributed by atoms with Gasteiger partial charge >= 0.3 is 0 Å². The number of anilines is 1. The zero-order valence-electron chi connectivity index (χ0n) is 8.91. The highest BCUT2D eigenvalue weighted by Gasteiger charge is 2.24. The molecule has 1 saturated carbocycles. The van der Waals surface area contributed by atoms with Gasteiger partial charge in [-0.15, -0.1) is 0 Å². The van der Waals surface area contributed by atoms with Crippen molar-refractivity contribution < 1.29 is 5.11 Å². The molecule has 1 aliphatic rings. The second-order valence-electron chi connectivity index (χ2n) is 4.10. The van der Waals surface area contributed by atoms with Gasteiger partial charge in [0.05, 0.1) is 17.3 Å². The third kappa shape index (κ3) is 1.97. The molecule has 0 aliphatic heterocycles. The van der Waals surface area contributed by atoms with E-state index < -0.39 is 0 Å². The number of halogens is 1. The molecular formula is C12H16ClNO. The summed E-state index contributed by atoms with van der Waals surface area (Å²) in [7, 11) is 2.06. The van der Waals surface area contributed by atoms with Crippen molar-refractivity contribution in [1.29, 1.82) is 0 Å². The third-order valence-electron chi connectivity index (χ3n) is 3.22. The Morgan fingerprint density at radius 1 is 1.47 bits per heavy atom. The Bertz CT molecular complexity index is 349. The predicted octanol–water partition coefficient (Wildman–Crippen LogP) is 2.82. The van der Waals surface area contributed by atoms with Crippen LogP contribution in [-0.4, -0.2) is 18.2 Å². The van der Waals surface area contributed by atoms with Gasteiger partial charge in [0.25, 0.3) is 0 Å². The van der Waals surface area contributed by atoms with Crippen LogP contribution in [0.1, 0.15) is 24.8 Å². The number of aliphatic hydroxyl groups is 1. The molecule has 1 fully saturated rings. The summed E-state index contributed by atoms with van der Waals surface area (Å²) < 4.78 is 0. The van der Waals surface area contributed by atoms with Crippen molar-refractivity contribution in [3.05, 3.63) is 28.8 Å². The van der Waals surface area contributed by atoms with Gasteiger partial charge in [0.15, 0.2) is 0 Å². The first-order chi connectivity index (χ1) is 7.24. The summed E-state index contributed by atoms with van der Waals surface area (Å²) in [5, 5.41) is 10.0. The van der Waals surface area contributed by atoms with E-state index in [4.69, 9.17) is 11.6 Å². The zero-order chi connectivity index (χ0) is 10.8. The number of hydrogen-bond acceptors (Lipinski definition) is 2. The van der Waals surface area contributed by atoms with E-state index in [0.29, 0.717) is 6.04 Å². The molecule has 0 heterocycles. The highest BCUT2D eigenvalue weighted by atomic mass is 35.5. The van der Waals surface area contributed by atoms with E-state index >= 15 is 0 Å². The smallest absolute Gasteiger partial charge is 0.0702 e. The molecule has 1 aliphatic carbocycles. The minimum Gasteiger partial charge on any atom is -0.392 e. The van der Waals surface area contributed by atoms with Gasteiger partial charge in [-0.2, -0.15) is 0 Å². The monoisotopic (exact) mass is 225 g/mol. The van der Waals surface area contributed by atoms with Gasteiger partial charge in [-0.3, -0.25) is 0 Å². The molecule has 0 bridgehead atoms. The third-order valence-corrected chi connectivity index (χ3v) is 3.52. The first kappa shape index (κ1) is 10.8. The van der Waals surface area contributed by atoms with E-state index in [1.54, 1.807) is 0 Å². The second kappa shape index (κ2) is 4.42. The summed E-state index contributed by atoms with van der Waals surface area (Å²) in [6.45, 7) is 0.0486. The van der Waals surface area contributed by atoms with Crippen LogP contribution in [-0.2, 0) is 6.61 Å². The molecule has 82 valence electrons. The Balaban J connectivity index is 2.31. The van der Waals surface area contributed by atoms with Crippen LogP contribution in [0.4, 0.5) is 5.69 Å². The highest BCUT2D eigenvalue weighted by Crippen LogP contribution is 2.35. The van der Waals surface area contributed by atoms with Crippen LogP contribution in [0, 0.1) is 0 Å². The lowest BCUT2D eigenvalue weighted by Gasteiger charge is -2.37. The Hall–Kier alpha value is -0.730. The molecule has 0 spiro atoms. The summed E-state index contributed by atoms with van der Waals surface area (Å²) in [5.74, 6) is 0. The maximum atomic E-state index is 9.28. The van der Waals surface area contributed by atoms with Crippen molar-refractivity contribution >= 4 is 17.3 Å². The fraction of sp³-hybridized carbons (Fsp3) is 0.500. The molecule has 1 aromatic carbocycles. The molecule has 0 atom stereocenters. The average molecular weight is 226 g/mol. The summed E-state index contributed by atoms with van der Waals surface area (Å²) in [6, 6.07) is 6.28. The van der Waals surface area contributed by atoms with E-state index in [1.165, 1.54) is 19.3 Å². The van der Waals surface area contributed by atoms with E-state index in [-0.39, 0.29) is 6.61 Å². The number of rotatable bonds is 3.